The fourth-order valence-electron chi connectivity index (χ4n) is 3.10. The lowest BCUT2D eigenvalue weighted by molar-refractivity contribution is -0.116. The molecular formula is C20H27N5O2. The van der Waals surface area contributed by atoms with Gasteiger partial charge in [-0.05, 0) is 51.7 Å². The van der Waals surface area contributed by atoms with Crippen molar-refractivity contribution >= 4 is 23.0 Å². The molecule has 1 aromatic heterocycles. The Labute approximate surface area is 159 Å². The molecule has 1 saturated carbocycles. The van der Waals surface area contributed by atoms with Crippen LogP contribution in [0.15, 0.2) is 35.4 Å². The van der Waals surface area contributed by atoms with Crippen LogP contribution in [0.3, 0.4) is 0 Å². The largest absolute Gasteiger partial charge is 0.493 e. The van der Waals surface area contributed by atoms with Gasteiger partial charge in [0.1, 0.15) is 11.6 Å². The Kier molecular flexibility index (Phi) is 5.48. The van der Waals surface area contributed by atoms with Gasteiger partial charge >= 0.3 is 0 Å². The Morgan fingerprint density at radius 1 is 1.41 bits per heavy atom. The first-order valence-electron chi connectivity index (χ1n) is 9.37. The molecule has 0 unspecified atom stereocenters. The van der Waals surface area contributed by atoms with Gasteiger partial charge in [0, 0.05) is 23.8 Å². The number of nitrogens with two attached hydrogens (primary N) is 2. The standard InChI is InChI=1S/C20H27N5O2/c1-11(2)25-13-8-9-24-20(23)15(13)17(21)18(22)16(19(26)12-6-7-12)14-5-3-4-10-27-14/h5,8-9,11-12,21H,3-4,6-7,10,22H2,1-2H3,(H3,23,24,25). The maximum Gasteiger partial charge on any atom is 0.171 e. The van der Waals surface area contributed by atoms with E-state index in [2.05, 4.69) is 10.3 Å². The van der Waals surface area contributed by atoms with Crippen LogP contribution in [0.1, 0.15) is 45.1 Å². The molecule has 0 aromatic carbocycles. The van der Waals surface area contributed by atoms with Gasteiger partial charge in [-0.15, -0.1) is 0 Å². The first-order chi connectivity index (χ1) is 12.9. The summed E-state index contributed by atoms with van der Waals surface area (Å²) >= 11 is 0. The summed E-state index contributed by atoms with van der Waals surface area (Å²) in [5, 5.41) is 12.0. The van der Waals surface area contributed by atoms with Gasteiger partial charge in [0.15, 0.2) is 5.78 Å². The number of nitrogen functional groups attached to an aromatic ring is 1. The maximum atomic E-state index is 12.9. The van der Waals surface area contributed by atoms with E-state index in [-0.39, 0.29) is 35.0 Å². The number of allylic oxidation sites excluding steroid dienone is 3. The molecule has 27 heavy (non-hydrogen) atoms. The Bertz CT molecular complexity index is 822. The van der Waals surface area contributed by atoms with Gasteiger partial charge in [0.25, 0.3) is 0 Å². The number of ketones is 1. The molecule has 0 amide bonds. The van der Waals surface area contributed by atoms with Gasteiger partial charge in [-0.2, -0.15) is 0 Å². The number of aromatic nitrogens is 1. The van der Waals surface area contributed by atoms with Crippen LogP contribution in [0.5, 0.6) is 0 Å². The van der Waals surface area contributed by atoms with Gasteiger partial charge in [-0.3, -0.25) is 10.2 Å². The van der Waals surface area contributed by atoms with Crippen molar-refractivity contribution in [3.63, 3.8) is 0 Å². The van der Waals surface area contributed by atoms with E-state index in [1.165, 1.54) is 0 Å². The van der Waals surface area contributed by atoms with Crippen molar-refractivity contribution < 1.29 is 9.53 Å². The molecule has 1 fully saturated rings. The molecule has 2 aliphatic rings. The molecule has 144 valence electrons. The fraction of sp³-hybridized carbons (Fsp3) is 0.450. The molecule has 2 heterocycles. The lowest BCUT2D eigenvalue weighted by atomic mass is 9.95. The molecule has 0 bridgehead atoms. The molecule has 7 nitrogen and oxygen atoms in total. The highest BCUT2D eigenvalue weighted by molar-refractivity contribution is 6.20. The predicted octanol–water partition coefficient (Wildman–Crippen LogP) is 2.74. The van der Waals surface area contributed by atoms with E-state index in [1.807, 2.05) is 19.9 Å². The number of hydrogen-bond donors (Lipinski definition) is 4. The van der Waals surface area contributed by atoms with Crippen molar-refractivity contribution in [1.82, 2.24) is 4.98 Å². The number of hydrogen-bond acceptors (Lipinski definition) is 7. The fourth-order valence-corrected chi connectivity index (χ4v) is 3.10. The maximum absolute atomic E-state index is 12.9. The Hall–Kier alpha value is -2.83. The number of nitrogens with zero attached hydrogens (tertiary/aromatic N) is 1. The van der Waals surface area contributed by atoms with Crippen LogP contribution in [0, 0.1) is 11.3 Å². The van der Waals surface area contributed by atoms with Crippen molar-refractivity contribution in [3.05, 3.63) is 40.9 Å². The molecule has 0 radical (unpaired) electrons. The Morgan fingerprint density at radius 2 is 2.15 bits per heavy atom. The van der Waals surface area contributed by atoms with E-state index in [9.17, 15) is 4.79 Å². The van der Waals surface area contributed by atoms with E-state index in [0.29, 0.717) is 29.2 Å². The number of carbonyl (C=O) groups excluding carboxylic acids is 1. The first-order valence-corrected chi connectivity index (χ1v) is 9.37. The number of anilines is 2. The van der Waals surface area contributed by atoms with E-state index in [1.54, 1.807) is 12.3 Å². The van der Waals surface area contributed by atoms with Crippen LogP contribution in [0.25, 0.3) is 0 Å². The van der Waals surface area contributed by atoms with Gasteiger partial charge in [0.05, 0.1) is 29.2 Å². The highest BCUT2D eigenvalue weighted by Gasteiger charge is 2.36. The lowest BCUT2D eigenvalue weighted by Gasteiger charge is -2.21. The molecule has 0 saturated heterocycles. The summed E-state index contributed by atoms with van der Waals surface area (Å²) in [6.07, 6.45) is 6.91. The third-order valence-electron chi connectivity index (χ3n) is 4.59. The van der Waals surface area contributed by atoms with Crippen molar-refractivity contribution in [3.8, 4) is 0 Å². The zero-order chi connectivity index (χ0) is 19.6. The molecule has 0 atom stereocenters. The predicted molar refractivity (Wildman–Crippen MR) is 106 cm³/mol. The molecule has 1 aromatic rings. The quantitative estimate of drug-likeness (QED) is 0.432. The highest BCUT2D eigenvalue weighted by Crippen LogP contribution is 2.36. The summed E-state index contributed by atoms with van der Waals surface area (Å²) in [4.78, 5) is 17.0. The highest BCUT2D eigenvalue weighted by atomic mass is 16.5. The topological polar surface area (TPSA) is 127 Å². The minimum Gasteiger partial charge on any atom is -0.493 e. The molecule has 1 aliphatic carbocycles. The summed E-state index contributed by atoms with van der Waals surface area (Å²) in [7, 11) is 0. The molecule has 7 heteroatoms. The first kappa shape index (κ1) is 18.9. The molecular weight excluding hydrogens is 342 g/mol. The third kappa shape index (κ3) is 4.13. The van der Waals surface area contributed by atoms with Gasteiger partial charge in [-0.1, -0.05) is 0 Å². The van der Waals surface area contributed by atoms with Crippen LogP contribution >= 0.6 is 0 Å². The summed E-state index contributed by atoms with van der Waals surface area (Å²) in [6.45, 7) is 4.53. The number of rotatable bonds is 7. The second-order valence-corrected chi connectivity index (χ2v) is 7.28. The Balaban J connectivity index is 2.07. The van der Waals surface area contributed by atoms with Gasteiger partial charge < -0.3 is 21.5 Å². The average Bonchev–Trinajstić information content (AvgIpc) is 3.47. The van der Waals surface area contributed by atoms with Crippen molar-refractivity contribution in [2.45, 2.75) is 45.6 Å². The van der Waals surface area contributed by atoms with Gasteiger partial charge in [0.2, 0.25) is 0 Å². The molecule has 0 spiro atoms. The summed E-state index contributed by atoms with van der Waals surface area (Å²) in [6, 6.07) is 1.90. The number of Topliss-reactive ketones (excluding diaryl/α,β-unsaturated/α-hetero) is 1. The smallest absolute Gasteiger partial charge is 0.171 e. The summed E-state index contributed by atoms with van der Waals surface area (Å²) in [5.41, 5.74) is 13.9. The van der Waals surface area contributed by atoms with Crippen LogP contribution in [-0.2, 0) is 9.53 Å². The molecule has 3 rings (SSSR count). The Morgan fingerprint density at radius 3 is 2.74 bits per heavy atom. The van der Waals surface area contributed by atoms with Crippen LogP contribution in [0.2, 0.25) is 0 Å². The number of ether oxygens (including phenoxy) is 1. The average molecular weight is 369 g/mol. The SMILES string of the molecule is CC(C)Nc1ccnc(N)c1C(=N)C(N)=C(C(=O)C1CC1)C1=CCCCO1. The minimum absolute atomic E-state index is 0.0113. The van der Waals surface area contributed by atoms with E-state index < -0.39 is 0 Å². The number of carbonyl (C=O) groups is 1. The van der Waals surface area contributed by atoms with Crippen LogP contribution in [0.4, 0.5) is 11.5 Å². The summed E-state index contributed by atoms with van der Waals surface area (Å²) < 4.78 is 5.71. The normalized spacial score (nSPS) is 17.7. The van der Waals surface area contributed by atoms with E-state index >= 15 is 0 Å². The lowest BCUT2D eigenvalue weighted by Crippen LogP contribution is -2.25. The second-order valence-electron chi connectivity index (χ2n) is 7.28. The number of nitrogens with one attached hydrogen (secondary N) is 2. The van der Waals surface area contributed by atoms with Crippen LogP contribution < -0.4 is 16.8 Å². The van der Waals surface area contributed by atoms with Crippen molar-refractivity contribution in [2.24, 2.45) is 11.7 Å². The van der Waals surface area contributed by atoms with E-state index in [0.717, 1.165) is 25.7 Å². The zero-order valence-corrected chi connectivity index (χ0v) is 15.8. The van der Waals surface area contributed by atoms with Gasteiger partial charge in [-0.25, -0.2) is 4.98 Å². The molecule has 1 aliphatic heterocycles. The molecule has 6 N–H and O–H groups in total. The van der Waals surface area contributed by atoms with Crippen molar-refractivity contribution in [1.29, 1.82) is 5.41 Å². The summed E-state index contributed by atoms with van der Waals surface area (Å²) in [5.74, 6) is 0.607. The van der Waals surface area contributed by atoms with E-state index in [4.69, 9.17) is 21.6 Å². The number of pyridine rings is 1. The van der Waals surface area contributed by atoms with Crippen LogP contribution in [-0.4, -0.2) is 29.1 Å². The second kappa shape index (κ2) is 7.82. The third-order valence-corrected chi connectivity index (χ3v) is 4.59. The monoisotopic (exact) mass is 369 g/mol. The van der Waals surface area contributed by atoms with Crippen molar-refractivity contribution in [2.75, 3.05) is 17.7 Å². The minimum atomic E-state index is -0.0498. The zero-order valence-electron chi connectivity index (χ0n) is 15.8.